The monoisotopic (exact) mass is 193 g/mol. The van der Waals surface area contributed by atoms with Crippen LogP contribution in [0.2, 0.25) is 0 Å². The van der Waals surface area contributed by atoms with Crippen LogP contribution in [0.4, 0.5) is 0 Å². The molecule has 0 aromatic heterocycles. The molecule has 0 saturated carbocycles. The minimum atomic E-state index is 0.0977. The Bertz CT molecular complexity index is 289. The molecule has 14 heavy (non-hydrogen) atoms. The van der Waals surface area contributed by atoms with Crippen molar-refractivity contribution in [3.05, 3.63) is 35.8 Å². The van der Waals surface area contributed by atoms with E-state index in [9.17, 15) is 0 Å². The van der Waals surface area contributed by atoms with Crippen LogP contribution in [0.5, 0.6) is 0 Å². The maximum absolute atomic E-state index is 5.36. The van der Waals surface area contributed by atoms with Gasteiger partial charge in [0.25, 0.3) is 0 Å². The molecule has 2 heteroatoms. The lowest BCUT2D eigenvalue weighted by atomic mass is 9.87. The van der Waals surface area contributed by atoms with Gasteiger partial charge in [-0.05, 0) is 18.6 Å². The Morgan fingerprint density at radius 2 is 2.21 bits per heavy atom. The molecule has 1 rings (SSSR count). The van der Waals surface area contributed by atoms with E-state index in [1.807, 2.05) is 13.1 Å². The van der Waals surface area contributed by atoms with Gasteiger partial charge < -0.3 is 10.1 Å². The van der Waals surface area contributed by atoms with E-state index in [4.69, 9.17) is 4.74 Å². The summed E-state index contributed by atoms with van der Waals surface area (Å²) in [6.45, 7) is 4.38. The molecule has 0 amide bonds. The second-order valence-electron chi connectivity index (χ2n) is 3.76. The number of rotatable bonds is 3. The van der Waals surface area contributed by atoms with Crippen molar-refractivity contribution in [2.45, 2.75) is 20.3 Å². The summed E-state index contributed by atoms with van der Waals surface area (Å²) < 4.78 is 5.36. The minimum Gasteiger partial charge on any atom is -0.495 e. The Kier molecular flexibility index (Phi) is 3.39. The highest BCUT2D eigenvalue weighted by molar-refractivity contribution is 5.34. The molecule has 0 radical (unpaired) electrons. The number of ether oxygens (including phenoxy) is 1. The van der Waals surface area contributed by atoms with Gasteiger partial charge in [0, 0.05) is 12.5 Å². The molecule has 0 aromatic carbocycles. The van der Waals surface area contributed by atoms with E-state index < -0.39 is 0 Å². The Morgan fingerprint density at radius 1 is 1.50 bits per heavy atom. The molecular weight excluding hydrogens is 174 g/mol. The molecule has 1 aliphatic rings. The van der Waals surface area contributed by atoms with Gasteiger partial charge in [0.2, 0.25) is 0 Å². The SMILES string of the molecule is CCC1(C)C=CC=C(NC)C(OC)=C1. The number of methoxy groups -OCH3 is 1. The third-order valence-electron chi connectivity index (χ3n) is 2.72. The number of allylic oxidation sites excluding steroid dienone is 4. The second-order valence-corrected chi connectivity index (χ2v) is 3.76. The van der Waals surface area contributed by atoms with Crippen LogP contribution >= 0.6 is 0 Å². The Labute approximate surface area is 86.3 Å². The first-order chi connectivity index (χ1) is 6.65. The zero-order valence-corrected chi connectivity index (χ0v) is 9.42. The summed E-state index contributed by atoms with van der Waals surface area (Å²) >= 11 is 0. The molecule has 1 N–H and O–H groups in total. The lowest BCUT2D eigenvalue weighted by Gasteiger charge is -2.20. The molecule has 1 aliphatic carbocycles. The van der Waals surface area contributed by atoms with Crippen molar-refractivity contribution in [3.63, 3.8) is 0 Å². The van der Waals surface area contributed by atoms with Crippen LogP contribution in [0, 0.1) is 5.41 Å². The number of hydrogen-bond acceptors (Lipinski definition) is 2. The maximum Gasteiger partial charge on any atom is 0.138 e. The fraction of sp³-hybridized carbons (Fsp3) is 0.500. The summed E-state index contributed by atoms with van der Waals surface area (Å²) in [7, 11) is 3.61. The molecule has 0 bridgehead atoms. The van der Waals surface area contributed by atoms with Crippen LogP contribution in [-0.2, 0) is 4.74 Å². The second kappa shape index (κ2) is 4.36. The normalized spacial score (nSPS) is 26.3. The quantitative estimate of drug-likeness (QED) is 0.744. The summed E-state index contributed by atoms with van der Waals surface area (Å²) in [6.07, 6.45) is 9.56. The van der Waals surface area contributed by atoms with Gasteiger partial charge >= 0.3 is 0 Å². The maximum atomic E-state index is 5.36. The fourth-order valence-electron chi connectivity index (χ4n) is 1.47. The van der Waals surface area contributed by atoms with Gasteiger partial charge in [-0.1, -0.05) is 26.0 Å². The summed E-state index contributed by atoms with van der Waals surface area (Å²) in [5.41, 5.74) is 1.13. The van der Waals surface area contributed by atoms with E-state index in [2.05, 4.69) is 37.4 Å². The van der Waals surface area contributed by atoms with Gasteiger partial charge in [0.1, 0.15) is 5.76 Å². The van der Waals surface area contributed by atoms with Crippen LogP contribution in [0.15, 0.2) is 35.8 Å². The largest absolute Gasteiger partial charge is 0.495 e. The molecule has 0 aromatic rings. The van der Waals surface area contributed by atoms with E-state index in [1.54, 1.807) is 7.11 Å². The van der Waals surface area contributed by atoms with Crippen molar-refractivity contribution in [1.82, 2.24) is 5.32 Å². The van der Waals surface area contributed by atoms with Crippen molar-refractivity contribution in [2.75, 3.05) is 14.2 Å². The standard InChI is InChI=1S/C12H19NO/c1-5-12(2)8-6-7-10(13-3)11(9-12)14-4/h6-9,13H,5H2,1-4H3. The van der Waals surface area contributed by atoms with Crippen molar-refractivity contribution in [2.24, 2.45) is 5.41 Å². The fourth-order valence-corrected chi connectivity index (χ4v) is 1.47. The highest BCUT2D eigenvalue weighted by Crippen LogP contribution is 2.30. The highest BCUT2D eigenvalue weighted by atomic mass is 16.5. The predicted octanol–water partition coefficient (Wildman–Crippen LogP) is 2.61. The Balaban J connectivity index is 3.05. The first-order valence-corrected chi connectivity index (χ1v) is 4.99. The van der Waals surface area contributed by atoms with E-state index in [0.717, 1.165) is 17.9 Å². The van der Waals surface area contributed by atoms with E-state index >= 15 is 0 Å². The van der Waals surface area contributed by atoms with Crippen LogP contribution in [0.1, 0.15) is 20.3 Å². The molecule has 0 aliphatic heterocycles. The average molecular weight is 193 g/mol. The first kappa shape index (κ1) is 10.9. The van der Waals surface area contributed by atoms with Crippen molar-refractivity contribution < 1.29 is 4.74 Å². The number of nitrogens with one attached hydrogen (secondary N) is 1. The zero-order chi connectivity index (χ0) is 10.6. The van der Waals surface area contributed by atoms with Crippen LogP contribution in [0.25, 0.3) is 0 Å². The van der Waals surface area contributed by atoms with Crippen LogP contribution in [0.3, 0.4) is 0 Å². The average Bonchev–Trinajstić information content (AvgIpc) is 2.37. The molecule has 0 fully saturated rings. The van der Waals surface area contributed by atoms with E-state index in [0.29, 0.717) is 0 Å². The molecule has 0 heterocycles. The Hall–Kier alpha value is -1.18. The Morgan fingerprint density at radius 3 is 2.71 bits per heavy atom. The minimum absolute atomic E-state index is 0.0977. The van der Waals surface area contributed by atoms with Crippen LogP contribution < -0.4 is 5.32 Å². The van der Waals surface area contributed by atoms with Crippen molar-refractivity contribution in [1.29, 1.82) is 0 Å². The van der Waals surface area contributed by atoms with Gasteiger partial charge in [0.05, 0.1) is 12.8 Å². The third kappa shape index (κ3) is 2.19. The molecule has 78 valence electrons. The topological polar surface area (TPSA) is 21.3 Å². The van der Waals surface area contributed by atoms with Crippen molar-refractivity contribution >= 4 is 0 Å². The van der Waals surface area contributed by atoms with E-state index in [1.165, 1.54) is 0 Å². The summed E-state index contributed by atoms with van der Waals surface area (Å²) in [4.78, 5) is 0. The highest BCUT2D eigenvalue weighted by Gasteiger charge is 2.19. The van der Waals surface area contributed by atoms with Crippen LogP contribution in [-0.4, -0.2) is 14.2 Å². The summed E-state index contributed by atoms with van der Waals surface area (Å²) in [5, 5.41) is 3.12. The summed E-state index contributed by atoms with van der Waals surface area (Å²) in [6, 6.07) is 0. The molecule has 0 saturated heterocycles. The zero-order valence-electron chi connectivity index (χ0n) is 9.42. The molecule has 2 nitrogen and oxygen atoms in total. The van der Waals surface area contributed by atoms with Gasteiger partial charge in [-0.2, -0.15) is 0 Å². The molecule has 1 atom stereocenters. The van der Waals surface area contributed by atoms with Gasteiger partial charge in [0.15, 0.2) is 0 Å². The van der Waals surface area contributed by atoms with Gasteiger partial charge in [-0.15, -0.1) is 0 Å². The van der Waals surface area contributed by atoms with Crippen molar-refractivity contribution in [3.8, 4) is 0 Å². The first-order valence-electron chi connectivity index (χ1n) is 4.99. The van der Waals surface area contributed by atoms with Gasteiger partial charge in [-0.25, -0.2) is 0 Å². The molecule has 0 spiro atoms. The lowest BCUT2D eigenvalue weighted by molar-refractivity contribution is 0.289. The number of likely N-dealkylation sites (N-methyl/N-ethyl adjacent to an activating group) is 1. The van der Waals surface area contributed by atoms with E-state index in [-0.39, 0.29) is 5.41 Å². The number of hydrogen-bond donors (Lipinski definition) is 1. The lowest BCUT2D eigenvalue weighted by Crippen LogP contribution is -2.13. The smallest absolute Gasteiger partial charge is 0.138 e. The summed E-state index contributed by atoms with van der Waals surface area (Å²) in [5.74, 6) is 0.918. The molecule has 1 unspecified atom stereocenters. The predicted molar refractivity (Wildman–Crippen MR) is 59.8 cm³/mol. The van der Waals surface area contributed by atoms with Gasteiger partial charge in [-0.3, -0.25) is 0 Å². The molecular formula is C12H19NO. The third-order valence-corrected chi connectivity index (χ3v) is 2.72.